The van der Waals surface area contributed by atoms with E-state index in [0.717, 1.165) is 37.4 Å². The third-order valence-electron chi connectivity index (χ3n) is 3.44. The topological polar surface area (TPSA) is 60.9 Å². The molecule has 2 fully saturated rings. The smallest absolute Gasteiger partial charge is 0.327 e. The molecular weight excluding hydrogens is 284 g/mol. The maximum absolute atomic E-state index is 12.6. The Morgan fingerprint density at radius 1 is 1.32 bits per heavy atom. The quantitative estimate of drug-likeness (QED) is 0.842. The lowest BCUT2D eigenvalue weighted by atomic mass is 10.2. The van der Waals surface area contributed by atoms with Crippen molar-refractivity contribution in [3.05, 3.63) is 0 Å². The van der Waals surface area contributed by atoms with Crippen molar-refractivity contribution >= 4 is 35.5 Å². The lowest BCUT2D eigenvalue weighted by Gasteiger charge is -2.32. The lowest BCUT2D eigenvalue weighted by molar-refractivity contribution is -0.141. The molecule has 2 unspecified atom stereocenters. The number of urea groups is 1. The first-order chi connectivity index (χ1) is 9.15. The van der Waals surface area contributed by atoms with Crippen molar-refractivity contribution in [3.8, 4) is 0 Å². The number of rotatable bonds is 2. The van der Waals surface area contributed by atoms with E-state index in [1.54, 1.807) is 16.7 Å². The molecule has 0 spiro atoms. The van der Waals surface area contributed by atoms with Gasteiger partial charge >= 0.3 is 12.0 Å². The Morgan fingerprint density at radius 3 is 2.79 bits per heavy atom. The molecule has 5 nitrogen and oxygen atoms in total. The average molecular weight is 304 g/mol. The van der Waals surface area contributed by atoms with Gasteiger partial charge in [-0.1, -0.05) is 6.92 Å². The molecule has 7 heteroatoms. The van der Waals surface area contributed by atoms with Crippen LogP contribution in [0, 0.1) is 0 Å². The van der Waals surface area contributed by atoms with Crippen LogP contribution in [0.15, 0.2) is 0 Å². The first-order valence-electron chi connectivity index (χ1n) is 6.64. The number of carboxylic acid groups (broad SMARTS) is 1. The SMILES string of the molecule is CCC1SCC(C(=O)O)N1C(=O)N1CCCSCC1. The van der Waals surface area contributed by atoms with Crippen molar-refractivity contribution in [2.75, 3.05) is 30.3 Å². The third-order valence-corrected chi connectivity index (χ3v) is 5.94. The van der Waals surface area contributed by atoms with Crippen LogP contribution in [0.1, 0.15) is 19.8 Å². The maximum atomic E-state index is 12.6. The zero-order valence-electron chi connectivity index (χ0n) is 11.1. The summed E-state index contributed by atoms with van der Waals surface area (Å²) in [7, 11) is 0. The molecule has 2 saturated heterocycles. The van der Waals surface area contributed by atoms with Gasteiger partial charge < -0.3 is 10.0 Å². The first kappa shape index (κ1) is 14.8. The van der Waals surface area contributed by atoms with Crippen LogP contribution in [0.25, 0.3) is 0 Å². The van der Waals surface area contributed by atoms with Crippen molar-refractivity contribution < 1.29 is 14.7 Å². The summed E-state index contributed by atoms with van der Waals surface area (Å²) in [5.41, 5.74) is 0. The van der Waals surface area contributed by atoms with Gasteiger partial charge in [0.15, 0.2) is 0 Å². The summed E-state index contributed by atoms with van der Waals surface area (Å²) in [6.07, 6.45) is 1.79. The average Bonchev–Trinajstić information content (AvgIpc) is 2.64. The highest BCUT2D eigenvalue weighted by molar-refractivity contribution is 8.00. The maximum Gasteiger partial charge on any atom is 0.327 e. The van der Waals surface area contributed by atoms with Gasteiger partial charge in [-0.2, -0.15) is 11.8 Å². The van der Waals surface area contributed by atoms with E-state index in [1.165, 1.54) is 0 Å². The molecule has 0 radical (unpaired) electrons. The Bertz CT molecular complexity index is 346. The molecule has 1 N–H and O–H groups in total. The minimum Gasteiger partial charge on any atom is -0.480 e. The standard InChI is InChI=1S/C12H20N2O3S2/c1-2-10-14(9(8-19-10)11(15)16)12(17)13-4-3-6-18-7-5-13/h9-10H,2-8H2,1H3,(H,15,16). The minimum atomic E-state index is -0.888. The van der Waals surface area contributed by atoms with E-state index in [1.807, 2.05) is 23.6 Å². The molecule has 2 amide bonds. The van der Waals surface area contributed by atoms with Crippen LogP contribution >= 0.6 is 23.5 Å². The number of carboxylic acids is 1. The van der Waals surface area contributed by atoms with Crippen LogP contribution in [0.3, 0.4) is 0 Å². The largest absolute Gasteiger partial charge is 0.480 e. The summed E-state index contributed by atoms with van der Waals surface area (Å²) in [6.45, 7) is 3.48. The second-order valence-electron chi connectivity index (χ2n) is 4.69. The van der Waals surface area contributed by atoms with Crippen molar-refractivity contribution in [1.29, 1.82) is 0 Å². The fourth-order valence-electron chi connectivity index (χ4n) is 2.43. The lowest BCUT2D eigenvalue weighted by Crippen LogP contribution is -2.52. The number of carbonyl (C=O) groups excluding carboxylic acids is 1. The highest BCUT2D eigenvalue weighted by Crippen LogP contribution is 2.32. The summed E-state index contributed by atoms with van der Waals surface area (Å²) in [5.74, 6) is 1.64. The van der Waals surface area contributed by atoms with Crippen LogP contribution in [0.2, 0.25) is 0 Å². The number of hydrogen-bond acceptors (Lipinski definition) is 4. The second kappa shape index (κ2) is 6.74. The Labute approximate surface area is 122 Å². The van der Waals surface area contributed by atoms with Gasteiger partial charge in [0.05, 0.1) is 5.37 Å². The van der Waals surface area contributed by atoms with Crippen molar-refractivity contribution in [2.24, 2.45) is 0 Å². The van der Waals surface area contributed by atoms with Gasteiger partial charge in [-0.25, -0.2) is 9.59 Å². The molecule has 2 rings (SSSR count). The van der Waals surface area contributed by atoms with Gasteiger partial charge in [0.1, 0.15) is 6.04 Å². The zero-order chi connectivity index (χ0) is 13.8. The molecule has 0 saturated carbocycles. The Balaban J connectivity index is 2.10. The van der Waals surface area contributed by atoms with Crippen LogP contribution in [0.4, 0.5) is 4.79 Å². The van der Waals surface area contributed by atoms with E-state index in [-0.39, 0.29) is 11.4 Å². The van der Waals surface area contributed by atoms with E-state index in [2.05, 4.69) is 0 Å². The van der Waals surface area contributed by atoms with Gasteiger partial charge in [0.25, 0.3) is 0 Å². The van der Waals surface area contributed by atoms with Crippen LogP contribution in [-0.4, -0.2) is 68.7 Å². The van der Waals surface area contributed by atoms with Crippen LogP contribution < -0.4 is 0 Å². The molecule has 0 aliphatic carbocycles. The summed E-state index contributed by atoms with van der Waals surface area (Å²) in [6, 6.07) is -0.759. The van der Waals surface area contributed by atoms with E-state index in [4.69, 9.17) is 0 Å². The van der Waals surface area contributed by atoms with E-state index < -0.39 is 12.0 Å². The monoisotopic (exact) mass is 304 g/mol. The molecule has 108 valence electrons. The Morgan fingerprint density at radius 2 is 2.11 bits per heavy atom. The van der Waals surface area contributed by atoms with Gasteiger partial charge in [-0.15, -0.1) is 11.8 Å². The summed E-state index contributed by atoms with van der Waals surface area (Å²) < 4.78 is 0. The summed E-state index contributed by atoms with van der Waals surface area (Å²) >= 11 is 3.44. The minimum absolute atomic E-state index is 0.00417. The molecule has 0 aromatic rings. The molecule has 19 heavy (non-hydrogen) atoms. The molecule has 2 aliphatic heterocycles. The van der Waals surface area contributed by atoms with Gasteiger partial charge in [0.2, 0.25) is 0 Å². The van der Waals surface area contributed by atoms with Crippen LogP contribution in [-0.2, 0) is 4.79 Å². The molecule has 2 aliphatic rings. The highest BCUT2D eigenvalue weighted by Gasteiger charge is 2.42. The molecule has 0 aromatic heterocycles. The number of carbonyl (C=O) groups is 2. The Kier molecular flexibility index (Phi) is 5.27. The predicted molar refractivity (Wildman–Crippen MR) is 78.7 cm³/mol. The predicted octanol–water partition coefficient (Wildman–Crippen LogP) is 1.78. The van der Waals surface area contributed by atoms with Gasteiger partial charge in [-0.3, -0.25) is 4.90 Å². The number of aliphatic carboxylic acids is 1. The number of hydrogen-bond donors (Lipinski definition) is 1. The summed E-state index contributed by atoms with van der Waals surface area (Å²) in [5, 5.41) is 9.27. The van der Waals surface area contributed by atoms with Crippen molar-refractivity contribution in [2.45, 2.75) is 31.2 Å². The number of nitrogens with zero attached hydrogens (tertiary/aromatic N) is 2. The van der Waals surface area contributed by atoms with Gasteiger partial charge in [0, 0.05) is 24.6 Å². The fraction of sp³-hybridized carbons (Fsp3) is 0.833. The fourth-order valence-corrected chi connectivity index (χ4v) is 4.65. The molecule has 0 aromatic carbocycles. The van der Waals surface area contributed by atoms with Crippen molar-refractivity contribution in [3.63, 3.8) is 0 Å². The number of thioether (sulfide) groups is 2. The molecule has 2 heterocycles. The van der Waals surface area contributed by atoms with Gasteiger partial charge in [-0.05, 0) is 18.6 Å². The van der Waals surface area contributed by atoms with Crippen LogP contribution in [0.5, 0.6) is 0 Å². The summed E-state index contributed by atoms with van der Waals surface area (Å²) in [4.78, 5) is 27.3. The first-order valence-corrected chi connectivity index (χ1v) is 8.85. The zero-order valence-corrected chi connectivity index (χ0v) is 12.7. The number of amides is 2. The molecular formula is C12H20N2O3S2. The molecule has 2 atom stereocenters. The van der Waals surface area contributed by atoms with E-state index >= 15 is 0 Å². The highest BCUT2D eigenvalue weighted by atomic mass is 32.2. The van der Waals surface area contributed by atoms with E-state index in [9.17, 15) is 14.7 Å². The van der Waals surface area contributed by atoms with E-state index in [0.29, 0.717) is 5.75 Å². The third kappa shape index (κ3) is 3.31. The normalized spacial score (nSPS) is 28.3. The second-order valence-corrected chi connectivity index (χ2v) is 7.13. The Hall–Kier alpha value is -0.560. The van der Waals surface area contributed by atoms with Crippen molar-refractivity contribution in [1.82, 2.24) is 9.80 Å². The molecule has 0 bridgehead atoms.